The summed E-state index contributed by atoms with van der Waals surface area (Å²) in [5, 5.41) is 13.6. The number of nitrogens with zero attached hydrogens (tertiary/aromatic N) is 3. The van der Waals surface area contributed by atoms with Crippen LogP contribution in [-0.4, -0.2) is 83.4 Å². The Labute approximate surface area is 313 Å². The molecule has 0 radical (unpaired) electrons. The van der Waals surface area contributed by atoms with Crippen molar-refractivity contribution in [3.05, 3.63) is 130 Å². The summed E-state index contributed by atoms with van der Waals surface area (Å²) in [5.41, 5.74) is 0.217. The van der Waals surface area contributed by atoms with Gasteiger partial charge in [-0.2, -0.15) is 8.78 Å². The number of anilines is 1. The summed E-state index contributed by atoms with van der Waals surface area (Å²) in [5.74, 6) is -14.9. The molecule has 286 valence electrons. The van der Waals surface area contributed by atoms with Crippen LogP contribution in [0.3, 0.4) is 0 Å². The number of para-hydroxylation sites is 1. The maximum absolute atomic E-state index is 15.8. The van der Waals surface area contributed by atoms with Crippen molar-refractivity contribution in [2.75, 3.05) is 32.1 Å². The highest BCUT2D eigenvalue weighted by Gasteiger charge is 2.42. The largest absolute Gasteiger partial charge is 0.491 e. The number of nitrogens with one attached hydrogen (secondary N) is 1. The SMILES string of the molecule is COc1c(F)c(F)c([C@@H](CC(=O)N2CCOC2=O)[C@H](N=C(c2ccccc2)c2ccccc2NC(=O)[C@@H]2CCCN2Cc2ccccc2)C(=O)O)c(F)c1F. The number of hydrogen-bond acceptors (Lipinski definition) is 8. The number of ether oxygens (including phenoxy) is 2. The van der Waals surface area contributed by atoms with Crippen LogP contribution in [0.25, 0.3) is 0 Å². The van der Waals surface area contributed by atoms with Crippen LogP contribution >= 0.6 is 0 Å². The summed E-state index contributed by atoms with van der Waals surface area (Å²) < 4.78 is 71.3. The minimum absolute atomic E-state index is 0.0928. The zero-order valence-corrected chi connectivity index (χ0v) is 29.5. The number of amides is 3. The first kappa shape index (κ1) is 38.6. The molecule has 3 amide bonds. The number of methoxy groups -OCH3 is 1. The van der Waals surface area contributed by atoms with E-state index in [0.717, 1.165) is 19.1 Å². The van der Waals surface area contributed by atoms with Crippen LogP contribution in [0.1, 0.15) is 47.4 Å². The molecular weight excluding hydrogens is 724 g/mol. The average molecular weight is 761 g/mol. The molecule has 2 aliphatic heterocycles. The topological polar surface area (TPSA) is 138 Å². The van der Waals surface area contributed by atoms with E-state index in [-0.39, 0.29) is 36.0 Å². The van der Waals surface area contributed by atoms with E-state index in [4.69, 9.17) is 4.74 Å². The third-order valence-electron chi connectivity index (χ3n) is 9.57. The molecule has 0 saturated carbocycles. The van der Waals surface area contributed by atoms with Crippen molar-refractivity contribution in [3.8, 4) is 5.75 Å². The molecule has 0 unspecified atom stereocenters. The Morgan fingerprint density at radius 2 is 1.55 bits per heavy atom. The number of hydrogen-bond donors (Lipinski definition) is 2. The first-order valence-corrected chi connectivity index (χ1v) is 17.4. The lowest BCUT2D eigenvalue weighted by Gasteiger charge is -2.26. The number of benzene rings is 4. The van der Waals surface area contributed by atoms with Gasteiger partial charge in [0, 0.05) is 35.6 Å². The van der Waals surface area contributed by atoms with E-state index >= 15 is 17.6 Å². The standard InChI is InChI=1S/C40H36F4N4O7/c1-54-37-33(43)31(41)30(32(42)34(37)44)26(21-29(49)48-19-20-55-40(48)53)36(39(51)52)46-35(24-13-6-3-7-14-24)25-15-8-9-16-27(25)45-38(50)28-17-10-18-47(28)22-23-11-4-2-5-12-23/h2-9,11-16,26,28,36H,10,17-22H2,1H3,(H,45,50)(H,51,52)/t26-,28+,36+/m1/s1. The lowest BCUT2D eigenvalue weighted by Crippen LogP contribution is -2.39. The van der Waals surface area contributed by atoms with Crippen LogP contribution in [0.4, 0.5) is 28.0 Å². The van der Waals surface area contributed by atoms with Crippen LogP contribution in [0.15, 0.2) is 89.9 Å². The second-order valence-corrected chi connectivity index (χ2v) is 12.9. The van der Waals surface area contributed by atoms with E-state index in [1.54, 1.807) is 54.6 Å². The molecule has 2 aliphatic rings. The van der Waals surface area contributed by atoms with E-state index in [0.29, 0.717) is 30.0 Å². The highest BCUT2D eigenvalue weighted by Crippen LogP contribution is 2.38. The molecule has 6 rings (SSSR count). The van der Waals surface area contributed by atoms with E-state index in [1.165, 1.54) is 0 Å². The van der Waals surface area contributed by atoms with Gasteiger partial charge in [0.05, 0.1) is 31.1 Å². The summed E-state index contributed by atoms with van der Waals surface area (Å²) in [4.78, 5) is 59.8. The lowest BCUT2D eigenvalue weighted by molar-refractivity contribution is -0.139. The zero-order valence-electron chi connectivity index (χ0n) is 29.5. The van der Waals surface area contributed by atoms with Gasteiger partial charge in [-0.1, -0.05) is 78.9 Å². The molecule has 0 aromatic heterocycles. The van der Waals surface area contributed by atoms with Crippen LogP contribution in [0.5, 0.6) is 5.75 Å². The number of halogens is 4. The number of carbonyl (C=O) groups is 4. The van der Waals surface area contributed by atoms with Crippen molar-refractivity contribution < 1.29 is 51.3 Å². The molecule has 3 atom stereocenters. The Morgan fingerprint density at radius 1 is 0.909 bits per heavy atom. The van der Waals surface area contributed by atoms with E-state index in [1.807, 2.05) is 35.2 Å². The average Bonchev–Trinajstić information content (AvgIpc) is 3.84. The molecule has 55 heavy (non-hydrogen) atoms. The molecule has 2 N–H and O–H groups in total. The molecule has 0 bridgehead atoms. The number of cyclic esters (lactones) is 1. The van der Waals surface area contributed by atoms with Gasteiger partial charge in [0.2, 0.25) is 23.4 Å². The molecule has 4 aromatic rings. The summed E-state index contributed by atoms with van der Waals surface area (Å²) in [7, 11) is 0.778. The van der Waals surface area contributed by atoms with Crippen molar-refractivity contribution in [1.82, 2.24) is 9.80 Å². The van der Waals surface area contributed by atoms with E-state index in [2.05, 4.69) is 15.0 Å². The molecular formula is C40H36F4N4O7. The summed E-state index contributed by atoms with van der Waals surface area (Å²) in [6.45, 7) is 0.761. The van der Waals surface area contributed by atoms with Crippen LogP contribution in [0, 0.1) is 23.3 Å². The maximum Gasteiger partial charge on any atom is 0.416 e. The minimum Gasteiger partial charge on any atom is -0.491 e. The monoisotopic (exact) mass is 760 g/mol. The Bertz CT molecular complexity index is 2090. The van der Waals surface area contributed by atoms with E-state index in [9.17, 15) is 24.3 Å². The smallest absolute Gasteiger partial charge is 0.416 e. The predicted molar refractivity (Wildman–Crippen MR) is 192 cm³/mol. The van der Waals surface area contributed by atoms with E-state index < -0.39 is 77.0 Å². The van der Waals surface area contributed by atoms with Crippen LogP contribution in [0.2, 0.25) is 0 Å². The van der Waals surface area contributed by atoms with Crippen molar-refractivity contribution in [2.24, 2.45) is 4.99 Å². The third-order valence-corrected chi connectivity index (χ3v) is 9.57. The van der Waals surface area contributed by atoms with Gasteiger partial charge in [0.15, 0.2) is 23.4 Å². The van der Waals surface area contributed by atoms with Crippen LogP contribution < -0.4 is 10.1 Å². The number of carboxylic acids is 1. The Kier molecular flexibility index (Phi) is 11.9. The summed E-state index contributed by atoms with van der Waals surface area (Å²) in [6.07, 6.45) is -0.869. The molecule has 0 spiro atoms. The zero-order chi connectivity index (χ0) is 39.2. The van der Waals surface area contributed by atoms with Gasteiger partial charge in [-0.15, -0.1) is 0 Å². The lowest BCUT2D eigenvalue weighted by atomic mass is 9.86. The number of carboxylic acid groups (broad SMARTS) is 1. The maximum atomic E-state index is 15.8. The fourth-order valence-electron chi connectivity index (χ4n) is 6.92. The highest BCUT2D eigenvalue weighted by atomic mass is 19.2. The molecule has 2 saturated heterocycles. The summed E-state index contributed by atoms with van der Waals surface area (Å²) in [6, 6.07) is 21.3. The first-order valence-electron chi connectivity index (χ1n) is 17.4. The quantitative estimate of drug-likeness (QED) is 0.0921. The second-order valence-electron chi connectivity index (χ2n) is 12.9. The van der Waals surface area contributed by atoms with Gasteiger partial charge in [0.25, 0.3) is 0 Å². The first-order chi connectivity index (χ1) is 26.5. The second kappa shape index (κ2) is 16.9. The number of rotatable bonds is 13. The van der Waals surface area contributed by atoms with Gasteiger partial charge in [-0.05, 0) is 31.0 Å². The van der Waals surface area contributed by atoms with Gasteiger partial charge in [-0.25, -0.2) is 23.3 Å². The normalized spacial score (nSPS) is 17.1. The molecule has 2 fully saturated rings. The Balaban J connectivity index is 1.45. The summed E-state index contributed by atoms with van der Waals surface area (Å²) >= 11 is 0. The number of likely N-dealkylation sites (tertiary alicyclic amines) is 1. The number of aliphatic imine (C=N–C) groups is 1. The number of imide groups is 1. The molecule has 15 heteroatoms. The molecule has 4 aromatic carbocycles. The van der Waals surface area contributed by atoms with Crippen molar-refractivity contribution in [3.63, 3.8) is 0 Å². The van der Waals surface area contributed by atoms with Gasteiger partial charge < -0.3 is 19.9 Å². The predicted octanol–water partition coefficient (Wildman–Crippen LogP) is 6.30. The third kappa shape index (κ3) is 8.21. The molecule has 2 heterocycles. The number of carbonyl (C=O) groups excluding carboxylic acids is 3. The van der Waals surface area contributed by atoms with Crippen molar-refractivity contribution in [2.45, 2.75) is 43.8 Å². The number of aliphatic carboxylic acids is 1. The molecule has 11 nitrogen and oxygen atoms in total. The van der Waals surface area contributed by atoms with Crippen molar-refractivity contribution in [1.29, 1.82) is 0 Å². The fourth-order valence-corrected chi connectivity index (χ4v) is 6.92. The Morgan fingerprint density at radius 3 is 2.16 bits per heavy atom. The van der Waals surface area contributed by atoms with Crippen LogP contribution in [-0.2, 0) is 25.7 Å². The minimum atomic E-state index is -2.30. The van der Waals surface area contributed by atoms with Gasteiger partial charge in [-0.3, -0.25) is 19.5 Å². The molecule has 0 aliphatic carbocycles. The fraction of sp³-hybridized carbons (Fsp3) is 0.275. The highest BCUT2D eigenvalue weighted by molar-refractivity contribution is 6.18. The Hall–Kier alpha value is -6.09. The van der Waals surface area contributed by atoms with Gasteiger partial charge in [0.1, 0.15) is 6.61 Å². The van der Waals surface area contributed by atoms with Crippen molar-refractivity contribution >= 4 is 35.3 Å². The van der Waals surface area contributed by atoms with Gasteiger partial charge >= 0.3 is 12.1 Å².